The van der Waals surface area contributed by atoms with Gasteiger partial charge in [-0.05, 0) is 41.8 Å². The lowest BCUT2D eigenvalue weighted by Gasteiger charge is -2.19. The number of benzene rings is 3. The Morgan fingerprint density at radius 2 is 1.59 bits per heavy atom. The maximum Gasteiger partial charge on any atom is 0.329 e. The highest BCUT2D eigenvalue weighted by atomic mass is 16.3. The first-order valence-electron chi connectivity index (χ1n) is 10.4. The van der Waals surface area contributed by atoms with Crippen LogP contribution in [0.15, 0.2) is 88.5 Å². The van der Waals surface area contributed by atoms with Gasteiger partial charge in [-0.25, -0.2) is 9.36 Å². The monoisotopic (exact) mass is 429 g/mol. The Labute approximate surface area is 184 Å². The van der Waals surface area contributed by atoms with Crippen molar-refractivity contribution in [1.82, 2.24) is 14.9 Å². The molecule has 1 aromatic heterocycles. The van der Waals surface area contributed by atoms with Crippen LogP contribution >= 0.6 is 0 Å². The van der Waals surface area contributed by atoms with E-state index in [1.54, 1.807) is 48.5 Å². The summed E-state index contributed by atoms with van der Waals surface area (Å²) in [6.45, 7) is 0.329. The summed E-state index contributed by atoms with van der Waals surface area (Å²) < 4.78 is 1.01. The summed E-state index contributed by atoms with van der Waals surface area (Å²) in [5, 5.41) is 12.6. The molecule has 3 N–H and O–H groups in total. The number of H-pyrrole nitrogens is 1. The van der Waals surface area contributed by atoms with E-state index in [-0.39, 0.29) is 12.2 Å². The van der Waals surface area contributed by atoms with Crippen LogP contribution < -0.4 is 16.6 Å². The third-order valence-electron chi connectivity index (χ3n) is 5.37. The predicted molar refractivity (Wildman–Crippen MR) is 123 cm³/mol. The molecule has 0 saturated heterocycles. The fraction of sp³-hybridized carbons (Fsp3) is 0.160. The lowest BCUT2D eigenvalue weighted by atomic mass is 10.0. The van der Waals surface area contributed by atoms with Crippen LogP contribution in [0.1, 0.15) is 17.2 Å². The molecule has 32 heavy (non-hydrogen) atoms. The van der Waals surface area contributed by atoms with Crippen molar-refractivity contribution < 1.29 is 9.90 Å². The molecule has 0 spiro atoms. The van der Waals surface area contributed by atoms with E-state index in [1.807, 2.05) is 30.3 Å². The SMILES string of the molecule is O=C(NCCc1ccc(O)cc1)[C@H](Cc1ccccc1)n1c(=O)[nH]c2ccccc2c1=O. The number of aromatic amines is 1. The second-order valence-electron chi connectivity index (χ2n) is 7.56. The Hall–Kier alpha value is -4.13. The van der Waals surface area contributed by atoms with Crippen LogP contribution in [0.3, 0.4) is 0 Å². The van der Waals surface area contributed by atoms with Crippen molar-refractivity contribution in [3.05, 3.63) is 111 Å². The Balaban J connectivity index is 1.64. The predicted octanol–water partition coefficient (Wildman–Crippen LogP) is 2.54. The van der Waals surface area contributed by atoms with Crippen molar-refractivity contribution in [1.29, 1.82) is 0 Å². The minimum atomic E-state index is -1.00. The number of amides is 1. The van der Waals surface area contributed by atoms with Gasteiger partial charge >= 0.3 is 5.69 Å². The van der Waals surface area contributed by atoms with E-state index in [1.165, 1.54) is 0 Å². The van der Waals surface area contributed by atoms with E-state index in [9.17, 15) is 19.5 Å². The van der Waals surface area contributed by atoms with Crippen LogP contribution in [0.2, 0.25) is 0 Å². The zero-order chi connectivity index (χ0) is 22.5. The number of aromatic nitrogens is 2. The number of phenolic OH excluding ortho intramolecular Hbond substituents is 1. The number of phenols is 1. The number of hydrogen-bond acceptors (Lipinski definition) is 4. The Morgan fingerprint density at radius 3 is 2.34 bits per heavy atom. The summed E-state index contributed by atoms with van der Waals surface area (Å²) in [6, 6.07) is 21.8. The molecule has 0 aliphatic rings. The van der Waals surface area contributed by atoms with E-state index in [4.69, 9.17) is 0 Å². The minimum Gasteiger partial charge on any atom is -0.508 e. The van der Waals surface area contributed by atoms with Gasteiger partial charge in [0, 0.05) is 13.0 Å². The smallest absolute Gasteiger partial charge is 0.329 e. The lowest BCUT2D eigenvalue weighted by molar-refractivity contribution is -0.124. The van der Waals surface area contributed by atoms with Gasteiger partial charge in [-0.3, -0.25) is 9.59 Å². The van der Waals surface area contributed by atoms with Crippen LogP contribution in [-0.4, -0.2) is 27.1 Å². The second kappa shape index (κ2) is 9.34. The zero-order valence-corrected chi connectivity index (χ0v) is 17.3. The van der Waals surface area contributed by atoms with Crippen LogP contribution in [0.5, 0.6) is 5.75 Å². The topological polar surface area (TPSA) is 104 Å². The van der Waals surface area contributed by atoms with Gasteiger partial charge < -0.3 is 15.4 Å². The molecule has 0 bridgehead atoms. The molecule has 3 aromatic carbocycles. The maximum absolute atomic E-state index is 13.2. The van der Waals surface area contributed by atoms with E-state index in [2.05, 4.69) is 10.3 Å². The summed E-state index contributed by atoms with van der Waals surface area (Å²) in [4.78, 5) is 41.9. The van der Waals surface area contributed by atoms with Gasteiger partial charge in [-0.15, -0.1) is 0 Å². The van der Waals surface area contributed by atoms with Crippen LogP contribution in [0, 0.1) is 0 Å². The normalized spacial score (nSPS) is 11.9. The number of aromatic hydroxyl groups is 1. The van der Waals surface area contributed by atoms with Gasteiger partial charge in [0.05, 0.1) is 10.9 Å². The fourth-order valence-electron chi connectivity index (χ4n) is 3.71. The number of rotatable bonds is 7. The number of para-hydroxylation sites is 1. The molecule has 7 nitrogen and oxygen atoms in total. The van der Waals surface area contributed by atoms with Crippen molar-refractivity contribution in [2.24, 2.45) is 0 Å². The quantitative estimate of drug-likeness (QED) is 0.420. The van der Waals surface area contributed by atoms with Crippen molar-refractivity contribution in [2.45, 2.75) is 18.9 Å². The van der Waals surface area contributed by atoms with E-state index in [0.29, 0.717) is 23.9 Å². The standard InChI is InChI=1S/C25H23N3O4/c29-19-12-10-17(11-13-19)14-15-26-23(30)22(16-18-6-2-1-3-7-18)28-24(31)20-8-4-5-9-21(20)27-25(28)32/h1-13,22,29H,14-16H2,(H,26,30)(H,27,32)/t22-/m0/s1. The molecule has 1 amide bonds. The first kappa shape index (κ1) is 21.1. The van der Waals surface area contributed by atoms with Crippen molar-refractivity contribution in [3.8, 4) is 5.75 Å². The molecule has 0 radical (unpaired) electrons. The molecule has 0 aliphatic carbocycles. The Bertz CT molecular complexity index is 1340. The van der Waals surface area contributed by atoms with Gasteiger partial charge in [0.15, 0.2) is 0 Å². The van der Waals surface area contributed by atoms with Gasteiger partial charge in [-0.2, -0.15) is 0 Å². The van der Waals surface area contributed by atoms with Crippen LogP contribution in [0.4, 0.5) is 0 Å². The summed E-state index contributed by atoms with van der Waals surface area (Å²) in [7, 11) is 0. The minimum absolute atomic E-state index is 0.176. The van der Waals surface area contributed by atoms with Crippen molar-refractivity contribution >= 4 is 16.8 Å². The molecule has 7 heteroatoms. The van der Waals surface area contributed by atoms with Gasteiger partial charge in [0.2, 0.25) is 5.91 Å². The Morgan fingerprint density at radius 1 is 0.906 bits per heavy atom. The van der Waals surface area contributed by atoms with Gasteiger partial charge in [0.1, 0.15) is 11.8 Å². The molecule has 1 atom stereocenters. The summed E-state index contributed by atoms with van der Waals surface area (Å²) >= 11 is 0. The van der Waals surface area contributed by atoms with E-state index < -0.39 is 23.2 Å². The van der Waals surface area contributed by atoms with E-state index in [0.717, 1.165) is 15.7 Å². The second-order valence-corrected chi connectivity index (χ2v) is 7.56. The highest BCUT2D eigenvalue weighted by molar-refractivity contribution is 5.82. The highest BCUT2D eigenvalue weighted by Crippen LogP contribution is 2.14. The third kappa shape index (κ3) is 4.62. The third-order valence-corrected chi connectivity index (χ3v) is 5.37. The fourth-order valence-corrected chi connectivity index (χ4v) is 3.71. The molecule has 0 saturated carbocycles. The first-order valence-corrected chi connectivity index (χ1v) is 10.4. The molecular weight excluding hydrogens is 406 g/mol. The number of nitrogens with one attached hydrogen (secondary N) is 2. The molecular formula is C25H23N3O4. The Kier molecular flexibility index (Phi) is 6.17. The van der Waals surface area contributed by atoms with Crippen molar-refractivity contribution in [3.63, 3.8) is 0 Å². The van der Waals surface area contributed by atoms with Crippen molar-refractivity contribution in [2.75, 3.05) is 6.54 Å². The number of carbonyl (C=O) groups is 1. The average molecular weight is 429 g/mol. The largest absolute Gasteiger partial charge is 0.508 e. The van der Waals surface area contributed by atoms with Gasteiger partial charge in [0.25, 0.3) is 5.56 Å². The average Bonchev–Trinajstić information content (AvgIpc) is 2.80. The van der Waals surface area contributed by atoms with Crippen LogP contribution in [-0.2, 0) is 17.6 Å². The highest BCUT2D eigenvalue weighted by Gasteiger charge is 2.25. The number of hydrogen-bond donors (Lipinski definition) is 3. The number of carbonyl (C=O) groups excluding carboxylic acids is 1. The molecule has 4 aromatic rings. The maximum atomic E-state index is 13.2. The molecule has 162 valence electrons. The zero-order valence-electron chi connectivity index (χ0n) is 17.3. The number of fused-ring (bicyclic) bond motifs is 1. The van der Waals surface area contributed by atoms with E-state index >= 15 is 0 Å². The van der Waals surface area contributed by atoms with Gasteiger partial charge in [-0.1, -0.05) is 54.6 Å². The summed E-state index contributed by atoms with van der Waals surface area (Å²) in [5.41, 5.74) is 1.10. The van der Waals surface area contributed by atoms with Crippen LogP contribution in [0.25, 0.3) is 10.9 Å². The molecule has 0 aliphatic heterocycles. The summed E-state index contributed by atoms with van der Waals surface area (Å²) in [5.74, 6) is -0.230. The lowest BCUT2D eigenvalue weighted by Crippen LogP contribution is -2.45. The summed E-state index contributed by atoms with van der Waals surface area (Å²) in [6.07, 6.45) is 0.750. The molecule has 1 heterocycles. The molecule has 0 unspecified atom stereocenters. The first-order chi connectivity index (χ1) is 15.5. The number of nitrogens with zero attached hydrogens (tertiary/aromatic N) is 1. The molecule has 0 fully saturated rings. The molecule has 4 rings (SSSR count).